The summed E-state index contributed by atoms with van der Waals surface area (Å²) in [6, 6.07) is 13.0. The highest BCUT2D eigenvalue weighted by atomic mass is 16.3. The molecule has 2 fully saturated rings. The van der Waals surface area contributed by atoms with E-state index in [9.17, 15) is 15.0 Å². The van der Waals surface area contributed by atoms with Crippen LogP contribution in [0.5, 0.6) is 5.75 Å². The van der Waals surface area contributed by atoms with Crippen molar-refractivity contribution in [2.75, 3.05) is 0 Å². The minimum absolute atomic E-state index is 0.0538. The Morgan fingerprint density at radius 3 is 2.64 bits per heavy atom. The maximum absolute atomic E-state index is 13.0. The molecule has 0 bridgehead atoms. The Bertz CT molecular complexity index is 919. The predicted octanol–water partition coefficient (Wildman–Crippen LogP) is 4.84. The monoisotopic (exact) mass is 376 g/mol. The van der Waals surface area contributed by atoms with Gasteiger partial charge in [-0.05, 0) is 85.0 Å². The van der Waals surface area contributed by atoms with Crippen molar-refractivity contribution in [1.82, 2.24) is 0 Å². The highest BCUT2D eigenvalue weighted by Gasteiger charge is 2.54. The van der Waals surface area contributed by atoms with E-state index in [0.717, 1.165) is 38.5 Å². The second kappa shape index (κ2) is 6.45. The van der Waals surface area contributed by atoms with Crippen LogP contribution in [0.25, 0.3) is 0 Å². The first-order valence-corrected chi connectivity index (χ1v) is 10.6. The molecule has 0 unspecified atom stereocenters. The SMILES string of the molecule is C[C@]12CC[C@@H]3c4cc(C(=O)c5ccccc5)c(O)cc4CC[C@H]3[C@@H]1CC[C@@H]2O. The van der Waals surface area contributed by atoms with E-state index in [2.05, 4.69) is 6.92 Å². The lowest BCUT2D eigenvalue weighted by molar-refractivity contribution is -0.0226. The Balaban J connectivity index is 1.53. The average molecular weight is 376 g/mol. The van der Waals surface area contributed by atoms with Gasteiger partial charge in [-0.1, -0.05) is 37.3 Å². The fourth-order valence-corrected chi connectivity index (χ4v) is 6.51. The molecule has 0 aliphatic heterocycles. The van der Waals surface area contributed by atoms with Crippen LogP contribution >= 0.6 is 0 Å². The van der Waals surface area contributed by atoms with Gasteiger partial charge in [-0.15, -0.1) is 0 Å². The van der Waals surface area contributed by atoms with Gasteiger partial charge in [-0.3, -0.25) is 4.79 Å². The molecule has 0 saturated heterocycles. The van der Waals surface area contributed by atoms with Crippen molar-refractivity contribution >= 4 is 5.78 Å². The molecule has 146 valence electrons. The lowest BCUT2D eigenvalue weighted by Gasteiger charge is -2.50. The van der Waals surface area contributed by atoms with E-state index >= 15 is 0 Å². The minimum Gasteiger partial charge on any atom is -0.507 e. The van der Waals surface area contributed by atoms with E-state index in [1.807, 2.05) is 30.3 Å². The van der Waals surface area contributed by atoms with Crippen LogP contribution in [0.15, 0.2) is 42.5 Å². The highest BCUT2D eigenvalue weighted by Crippen LogP contribution is 2.61. The van der Waals surface area contributed by atoms with E-state index in [1.54, 1.807) is 12.1 Å². The van der Waals surface area contributed by atoms with Gasteiger partial charge in [0.2, 0.25) is 0 Å². The van der Waals surface area contributed by atoms with Crippen molar-refractivity contribution < 1.29 is 15.0 Å². The molecule has 3 aliphatic rings. The van der Waals surface area contributed by atoms with Gasteiger partial charge in [0, 0.05) is 5.56 Å². The maximum atomic E-state index is 13.0. The van der Waals surface area contributed by atoms with E-state index in [1.165, 1.54) is 11.1 Å². The van der Waals surface area contributed by atoms with Gasteiger partial charge in [0.05, 0.1) is 11.7 Å². The molecular weight excluding hydrogens is 348 g/mol. The molecule has 3 heteroatoms. The first-order chi connectivity index (χ1) is 13.5. The molecule has 2 aromatic rings. The zero-order chi connectivity index (χ0) is 19.5. The number of carbonyl (C=O) groups excluding carboxylic acids is 1. The van der Waals surface area contributed by atoms with E-state index in [-0.39, 0.29) is 23.1 Å². The normalized spacial score (nSPS) is 33.6. The van der Waals surface area contributed by atoms with Crippen molar-refractivity contribution in [1.29, 1.82) is 0 Å². The Kier molecular flexibility index (Phi) is 4.13. The van der Waals surface area contributed by atoms with Gasteiger partial charge in [0.1, 0.15) is 5.75 Å². The minimum atomic E-state index is -0.171. The summed E-state index contributed by atoms with van der Waals surface area (Å²) in [4.78, 5) is 13.0. The number of benzene rings is 2. The number of fused-ring (bicyclic) bond motifs is 5. The topological polar surface area (TPSA) is 57.5 Å². The predicted molar refractivity (Wildman–Crippen MR) is 109 cm³/mol. The maximum Gasteiger partial charge on any atom is 0.196 e. The number of carbonyl (C=O) groups is 1. The van der Waals surface area contributed by atoms with Gasteiger partial charge in [-0.2, -0.15) is 0 Å². The van der Waals surface area contributed by atoms with Gasteiger partial charge >= 0.3 is 0 Å². The smallest absolute Gasteiger partial charge is 0.196 e. The number of aliphatic hydroxyl groups excluding tert-OH is 1. The summed E-state index contributed by atoms with van der Waals surface area (Å²) in [5.74, 6) is 1.57. The van der Waals surface area contributed by atoms with Gasteiger partial charge < -0.3 is 10.2 Å². The van der Waals surface area contributed by atoms with Gasteiger partial charge in [-0.25, -0.2) is 0 Å². The van der Waals surface area contributed by atoms with Crippen LogP contribution in [0.3, 0.4) is 0 Å². The van der Waals surface area contributed by atoms with Gasteiger partial charge in [0.15, 0.2) is 5.78 Å². The van der Waals surface area contributed by atoms with Crippen LogP contribution < -0.4 is 0 Å². The van der Waals surface area contributed by atoms with Crippen LogP contribution in [0.2, 0.25) is 0 Å². The highest BCUT2D eigenvalue weighted by molar-refractivity contribution is 6.10. The quantitative estimate of drug-likeness (QED) is 0.738. The first kappa shape index (κ1) is 17.9. The molecular formula is C25H28O3. The number of phenols is 1. The lowest BCUT2D eigenvalue weighted by atomic mass is 9.55. The number of ketones is 1. The number of rotatable bonds is 2. The third kappa shape index (κ3) is 2.56. The number of aryl methyl sites for hydroxylation is 1. The Labute approximate surface area is 166 Å². The van der Waals surface area contributed by atoms with E-state index in [4.69, 9.17) is 0 Å². The molecule has 0 spiro atoms. The molecule has 2 N–H and O–H groups in total. The number of aliphatic hydroxyl groups is 1. The summed E-state index contributed by atoms with van der Waals surface area (Å²) in [5.41, 5.74) is 3.55. The Hall–Kier alpha value is -2.13. The molecule has 5 rings (SSSR count). The van der Waals surface area contributed by atoms with Crippen molar-refractivity contribution in [3.8, 4) is 5.75 Å². The molecule has 0 heterocycles. The second-order valence-corrected chi connectivity index (χ2v) is 9.32. The summed E-state index contributed by atoms with van der Waals surface area (Å²) in [6.07, 6.45) is 6.04. The summed E-state index contributed by atoms with van der Waals surface area (Å²) in [7, 11) is 0. The van der Waals surface area contributed by atoms with E-state index < -0.39 is 0 Å². The summed E-state index contributed by atoms with van der Waals surface area (Å²) in [6.45, 7) is 2.28. The third-order valence-corrected chi connectivity index (χ3v) is 8.07. The largest absolute Gasteiger partial charge is 0.507 e. The molecule has 28 heavy (non-hydrogen) atoms. The van der Waals surface area contributed by atoms with Gasteiger partial charge in [0.25, 0.3) is 0 Å². The molecule has 0 aromatic heterocycles. The number of phenolic OH excluding ortho intramolecular Hbond substituents is 1. The van der Waals surface area contributed by atoms with Crippen LogP contribution in [-0.2, 0) is 6.42 Å². The summed E-state index contributed by atoms with van der Waals surface area (Å²) in [5, 5.41) is 21.1. The van der Waals surface area contributed by atoms with Crippen LogP contribution in [0.1, 0.15) is 72.0 Å². The molecule has 0 amide bonds. The third-order valence-electron chi connectivity index (χ3n) is 8.07. The Morgan fingerprint density at radius 2 is 1.86 bits per heavy atom. The molecule has 2 saturated carbocycles. The van der Waals surface area contributed by atoms with Crippen molar-refractivity contribution in [3.05, 3.63) is 64.7 Å². The first-order valence-electron chi connectivity index (χ1n) is 10.6. The Morgan fingerprint density at radius 1 is 1.07 bits per heavy atom. The van der Waals surface area contributed by atoms with Crippen molar-refractivity contribution in [2.24, 2.45) is 17.3 Å². The molecule has 3 aliphatic carbocycles. The molecule has 3 nitrogen and oxygen atoms in total. The number of hydrogen-bond acceptors (Lipinski definition) is 3. The fraction of sp³-hybridized carbons (Fsp3) is 0.480. The fourth-order valence-electron chi connectivity index (χ4n) is 6.51. The number of aromatic hydroxyl groups is 1. The second-order valence-electron chi connectivity index (χ2n) is 9.32. The zero-order valence-electron chi connectivity index (χ0n) is 16.4. The summed E-state index contributed by atoms with van der Waals surface area (Å²) >= 11 is 0. The molecule has 5 atom stereocenters. The summed E-state index contributed by atoms with van der Waals surface area (Å²) < 4.78 is 0. The average Bonchev–Trinajstić information content (AvgIpc) is 3.02. The van der Waals surface area contributed by atoms with E-state index in [0.29, 0.717) is 28.9 Å². The molecule has 0 radical (unpaired) electrons. The van der Waals surface area contributed by atoms with Crippen molar-refractivity contribution in [3.63, 3.8) is 0 Å². The van der Waals surface area contributed by atoms with Crippen LogP contribution in [-0.4, -0.2) is 22.1 Å². The van der Waals surface area contributed by atoms with Crippen LogP contribution in [0, 0.1) is 17.3 Å². The standard InChI is InChI=1S/C25H28O3/c1-25-12-11-17-18(21(25)9-10-23(25)27)8-7-16-13-22(26)20(14-19(16)17)24(28)15-5-3-2-4-6-15/h2-6,13-14,17-18,21,23,26-27H,7-12H2,1H3/t17-,18+,21-,23-,25-/m0/s1. The zero-order valence-corrected chi connectivity index (χ0v) is 16.4. The van der Waals surface area contributed by atoms with Crippen molar-refractivity contribution in [2.45, 2.75) is 57.5 Å². The lowest BCUT2D eigenvalue weighted by Crippen LogP contribution is -2.44. The molecule has 2 aromatic carbocycles. The number of hydrogen-bond donors (Lipinski definition) is 2. The van der Waals surface area contributed by atoms with Crippen LogP contribution in [0.4, 0.5) is 0 Å².